The quantitative estimate of drug-likeness (QED) is 0.294. The molecule has 0 aromatic heterocycles. The Bertz CT molecular complexity index is 422. The number of thiol groups is 1. The van der Waals surface area contributed by atoms with Crippen molar-refractivity contribution in [2.45, 2.75) is 6.92 Å². The van der Waals surface area contributed by atoms with Crippen LogP contribution in [0.15, 0.2) is 24.3 Å². The van der Waals surface area contributed by atoms with Crippen molar-refractivity contribution in [2.24, 2.45) is 5.73 Å². The Kier molecular flexibility index (Phi) is 9.28. The maximum absolute atomic E-state index is 10.5. The molecule has 0 fully saturated rings. The van der Waals surface area contributed by atoms with Crippen molar-refractivity contribution in [1.82, 2.24) is 0 Å². The SMILES string of the molecule is Cc1ccc(C(N)=O)cc1.O=S(=O)(O)S.[NaH]. The molecule has 0 aliphatic heterocycles. The van der Waals surface area contributed by atoms with Gasteiger partial charge in [0.05, 0.1) is 0 Å². The molecule has 8 heteroatoms. The third kappa shape index (κ3) is 12.0. The average molecular weight is 273 g/mol. The number of hydrogen-bond acceptors (Lipinski definition) is 3. The topological polar surface area (TPSA) is 97.5 Å². The molecule has 0 aliphatic carbocycles. The molecule has 0 saturated heterocycles. The van der Waals surface area contributed by atoms with Crippen molar-refractivity contribution in [2.75, 3.05) is 0 Å². The zero-order chi connectivity index (χ0) is 12.1. The first kappa shape index (κ1) is 18.3. The number of benzene rings is 1. The molecule has 0 aliphatic rings. The zero-order valence-corrected chi connectivity index (χ0v) is 9.63. The Morgan fingerprint density at radius 3 is 1.88 bits per heavy atom. The number of nitrogens with two attached hydrogens (primary N) is 1. The van der Waals surface area contributed by atoms with Crippen LogP contribution in [0, 0.1) is 6.92 Å². The molecule has 0 atom stereocenters. The van der Waals surface area contributed by atoms with Crippen molar-refractivity contribution in [3.05, 3.63) is 35.4 Å². The summed E-state index contributed by atoms with van der Waals surface area (Å²) in [4.78, 5) is 10.5. The summed E-state index contributed by atoms with van der Waals surface area (Å²) in [6.45, 7) is 1.96. The van der Waals surface area contributed by atoms with Gasteiger partial charge in [-0.2, -0.15) is 8.42 Å². The van der Waals surface area contributed by atoms with Crippen molar-refractivity contribution in [1.29, 1.82) is 0 Å². The molecule has 16 heavy (non-hydrogen) atoms. The van der Waals surface area contributed by atoms with E-state index in [0.29, 0.717) is 5.56 Å². The molecular formula is C8H12NNaO4S2. The second kappa shape index (κ2) is 8.10. The van der Waals surface area contributed by atoms with Crippen LogP contribution < -0.4 is 5.73 Å². The Morgan fingerprint density at radius 2 is 1.62 bits per heavy atom. The maximum atomic E-state index is 10.5. The molecule has 1 rings (SSSR count). The van der Waals surface area contributed by atoms with Gasteiger partial charge in [0.25, 0.3) is 0 Å². The molecule has 0 radical (unpaired) electrons. The van der Waals surface area contributed by atoms with Gasteiger partial charge in [0.2, 0.25) is 5.91 Å². The summed E-state index contributed by atoms with van der Waals surface area (Å²) < 4.78 is 25.5. The van der Waals surface area contributed by atoms with Crippen LogP contribution in [0.1, 0.15) is 15.9 Å². The molecule has 0 spiro atoms. The summed E-state index contributed by atoms with van der Waals surface area (Å²) in [7, 11) is -3.97. The molecule has 0 bridgehead atoms. The number of aryl methyl sites for hydroxylation is 1. The average Bonchev–Trinajstić information content (AvgIpc) is 2.01. The van der Waals surface area contributed by atoms with Gasteiger partial charge in [-0.15, -0.1) is 0 Å². The van der Waals surface area contributed by atoms with Crippen LogP contribution in [0.25, 0.3) is 0 Å². The van der Waals surface area contributed by atoms with Crippen LogP contribution in [0.4, 0.5) is 0 Å². The third-order valence-corrected chi connectivity index (χ3v) is 1.34. The minimum atomic E-state index is -3.97. The van der Waals surface area contributed by atoms with E-state index in [0.717, 1.165) is 5.56 Å². The number of amides is 1. The van der Waals surface area contributed by atoms with Gasteiger partial charge in [-0.25, -0.2) is 0 Å². The van der Waals surface area contributed by atoms with Crippen LogP contribution in [-0.2, 0) is 9.15 Å². The van der Waals surface area contributed by atoms with E-state index in [1.807, 2.05) is 19.1 Å². The number of rotatable bonds is 1. The summed E-state index contributed by atoms with van der Waals surface area (Å²) in [5.74, 6) is -0.375. The van der Waals surface area contributed by atoms with Gasteiger partial charge in [-0.05, 0) is 30.7 Å². The van der Waals surface area contributed by atoms with E-state index in [-0.39, 0.29) is 35.5 Å². The normalized spacial score (nSPS) is 9.44. The molecule has 0 saturated carbocycles. The zero-order valence-electron chi connectivity index (χ0n) is 7.91. The van der Waals surface area contributed by atoms with E-state index in [1.165, 1.54) is 0 Å². The van der Waals surface area contributed by atoms with Crippen LogP contribution in [0.5, 0.6) is 0 Å². The Morgan fingerprint density at radius 1 is 1.31 bits per heavy atom. The fourth-order valence-corrected chi connectivity index (χ4v) is 0.718. The van der Waals surface area contributed by atoms with Crippen LogP contribution in [0.3, 0.4) is 0 Å². The molecule has 1 aromatic rings. The monoisotopic (exact) mass is 273 g/mol. The van der Waals surface area contributed by atoms with E-state index < -0.39 is 9.15 Å². The Hall–Kier alpha value is -0.0500. The minimum absolute atomic E-state index is 0. The van der Waals surface area contributed by atoms with Crippen LogP contribution >= 0.6 is 11.7 Å². The molecule has 0 heterocycles. The number of primary amides is 1. The van der Waals surface area contributed by atoms with Crippen LogP contribution in [0.2, 0.25) is 0 Å². The van der Waals surface area contributed by atoms with E-state index in [1.54, 1.807) is 12.1 Å². The summed E-state index contributed by atoms with van der Waals surface area (Å²) in [5.41, 5.74) is 6.72. The van der Waals surface area contributed by atoms with E-state index >= 15 is 0 Å². The molecular weight excluding hydrogens is 261 g/mol. The summed E-state index contributed by atoms with van der Waals surface area (Å²) in [5, 5.41) is 0. The van der Waals surface area contributed by atoms with E-state index in [4.69, 9.17) is 18.7 Å². The first-order valence-corrected chi connectivity index (χ1v) is 6.26. The van der Waals surface area contributed by atoms with Crippen molar-refractivity contribution >= 4 is 56.3 Å². The number of carbonyl (C=O) groups excluding carboxylic acids is 1. The molecule has 1 aromatic carbocycles. The molecule has 3 N–H and O–H groups in total. The van der Waals surface area contributed by atoms with Gasteiger partial charge >= 0.3 is 38.7 Å². The van der Waals surface area contributed by atoms with Crippen molar-refractivity contribution in [3.8, 4) is 0 Å². The second-order valence-corrected chi connectivity index (χ2v) is 4.96. The van der Waals surface area contributed by atoms with Crippen molar-refractivity contribution in [3.63, 3.8) is 0 Å². The first-order valence-electron chi connectivity index (χ1n) is 3.76. The van der Waals surface area contributed by atoms with E-state index in [9.17, 15) is 4.79 Å². The van der Waals surface area contributed by atoms with Gasteiger partial charge in [-0.1, -0.05) is 17.7 Å². The van der Waals surface area contributed by atoms with Crippen LogP contribution in [-0.4, -0.2) is 48.4 Å². The fourth-order valence-electron chi connectivity index (χ4n) is 0.718. The standard InChI is InChI=1S/C8H9NO.Na.H2O3S2.H/c1-6-2-4-7(5-3-6)8(9)10;;1-5(2,3)4;/h2-5H,1H3,(H2,9,10);;(H2,1,2,3,4);. The van der Waals surface area contributed by atoms with Gasteiger partial charge < -0.3 is 5.73 Å². The molecule has 1 amide bonds. The Labute approximate surface area is 121 Å². The van der Waals surface area contributed by atoms with Gasteiger partial charge in [0.1, 0.15) is 0 Å². The fraction of sp³-hybridized carbons (Fsp3) is 0.125. The third-order valence-electron chi connectivity index (χ3n) is 1.34. The predicted octanol–water partition coefficient (Wildman–Crippen LogP) is 0.164. The van der Waals surface area contributed by atoms with E-state index in [2.05, 4.69) is 11.7 Å². The second-order valence-electron chi connectivity index (χ2n) is 2.68. The predicted molar refractivity (Wildman–Crippen MR) is 67.4 cm³/mol. The summed E-state index contributed by atoms with van der Waals surface area (Å²) >= 11 is 2.65. The summed E-state index contributed by atoms with van der Waals surface area (Å²) in [6, 6.07) is 7.16. The first-order chi connectivity index (χ1) is 6.70. The van der Waals surface area contributed by atoms with Gasteiger partial charge in [0.15, 0.2) is 0 Å². The Balaban J connectivity index is 0. The molecule has 5 nitrogen and oxygen atoms in total. The number of hydrogen-bond donors (Lipinski definition) is 3. The van der Waals surface area contributed by atoms with Gasteiger partial charge in [-0.3, -0.25) is 9.35 Å². The molecule has 0 unspecified atom stereocenters. The van der Waals surface area contributed by atoms with Crippen molar-refractivity contribution < 1.29 is 17.8 Å². The number of carbonyl (C=O) groups is 1. The molecule has 86 valence electrons. The summed E-state index contributed by atoms with van der Waals surface area (Å²) in [6.07, 6.45) is 0. The van der Waals surface area contributed by atoms with Gasteiger partial charge in [0, 0.05) is 5.56 Å².